The molecule has 5 nitrogen and oxygen atoms in total. The standard InChI is InChI=1S/C13H20N2O3S/c1-4-9-14-13(16)15-11-5-7-12(8-6-11)19(17,18)10(2)3/h5-8,10H,4,9H2,1-3H3,(H2,14,15,16). The summed E-state index contributed by atoms with van der Waals surface area (Å²) in [4.78, 5) is 11.7. The van der Waals surface area contributed by atoms with E-state index in [2.05, 4.69) is 10.6 Å². The largest absolute Gasteiger partial charge is 0.338 e. The number of hydrogen-bond donors (Lipinski definition) is 2. The summed E-state index contributed by atoms with van der Waals surface area (Å²) in [5.41, 5.74) is 0.566. The molecule has 0 heterocycles. The number of benzene rings is 1. The van der Waals surface area contributed by atoms with Gasteiger partial charge in [0.2, 0.25) is 0 Å². The van der Waals surface area contributed by atoms with Crippen molar-refractivity contribution in [2.24, 2.45) is 0 Å². The van der Waals surface area contributed by atoms with E-state index in [0.717, 1.165) is 6.42 Å². The smallest absolute Gasteiger partial charge is 0.319 e. The quantitative estimate of drug-likeness (QED) is 0.871. The van der Waals surface area contributed by atoms with E-state index in [-0.39, 0.29) is 10.9 Å². The van der Waals surface area contributed by atoms with E-state index < -0.39 is 15.1 Å². The van der Waals surface area contributed by atoms with E-state index in [0.29, 0.717) is 12.2 Å². The van der Waals surface area contributed by atoms with Gasteiger partial charge in [-0.15, -0.1) is 0 Å². The number of carbonyl (C=O) groups excluding carboxylic acids is 1. The topological polar surface area (TPSA) is 75.3 Å². The van der Waals surface area contributed by atoms with Crippen LogP contribution in [-0.4, -0.2) is 26.2 Å². The second-order valence-corrected chi connectivity index (χ2v) is 7.00. The van der Waals surface area contributed by atoms with Gasteiger partial charge in [0.1, 0.15) is 0 Å². The van der Waals surface area contributed by atoms with Crippen LogP contribution in [0.4, 0.5) is 10.5 Å². The molecule has 2 amide bonds. The Hall–Kier alpha value is -1.56. The average Bonchev–Trinajstić information content (AvgIpc) is 2.36. The van der Waals surface area contributed by atoms with Gasteiger partial charge in [0.15, 0.2) is 9.84 Å². The van der Waals surface area contributed by atoms with Crippen LogP contribution in [0.1, 0.15) is 27.2 Å². The molecule has 0 spiro atoms. The van der Waals surface area contributed by atoms with E-state index in [1.165, 1.54) is 12.1 Å². The van der Waals surface area contributed by atoms with Gasteiger partial charge in [-0.3, -0.25) is 0 Å². The lowest BCUT2D eigenvalue weighted by atomic mass is 10.3. The Morgan fingerprint density at radius 3 is 2.26 bits per heavy atom. The zero-order valence-electron chi connectivity index (χ0n) is 11.4. The van der Waals surface area contributed by atoms with Gasteiger partial charge in [0.05, 0.1) is 10.1 Å². The fraction of sp³-hybridized carbons (Fsp3) is 0.462. The van der Waals surface area contributed by atoms with Gasteiger partial charge in [-0.05, 0) is 44.5 Å². The molecular formula is C13H20N2O3S. The lowest BCUT2D eigenvalue weighted by Gasteiger charge is -2.09. The third kappa shape index (κ3) is 4.24. The van der Waals surface area contributed by atoms with Crippen LogP contribution in [0.5, 0.6) is 0 Å². The number of carbonyl (C=O) groups is 1. The molecule has 0 fully saturated rings. The maximum Gasteiger partial charge on any atom is 0.319 e. The van der Waals surface area contributed by atoms with Crippen LogP contribution < -0.4 is 10.6 Å². The van der Waals surface area contributed by atoms with Gasteiger partial charge in [-0.2, -0.15) is 0 Å². The molecule has 0 atom stereocenters. The zero-order valence-corrected chi connectivity index (χ0v) is 12.3. The van der Waals surface area contributed by atoms with Gasteiger partial charge in [0.25, 0.3) is 0 Å². The highest BCUT2D eigenvalue weighted by Crippen LogP contribution is 2.18. The monoisotopic (exact) mass is 284 g/mol. The fourth-order valence-electron chi connectivity index (χ4n) is 1.41. The zero-order chi connectivity index (χ0) is 14.5. The normalized spacial score (nSPS) is 11.4. The van der Waals surface area contributed by atoms with Gasteiger partial charge in [-0.25, -0.2) is 13.2 Å². The minimum atomic E-state index is -3.26. The van der Waals surface area contributed by atoms with E-state index in [1.54, 1.807) is 26.0 Å². The average molecular weight is 284 g/mol. The summed E-state index contributed by atoms with van der Waals surface area (Å²) in [6.07, 6.45) is 0.860. The van der Waals surface area contributed by atoms with Crippen LogP contribution in [0.25, 0.3) is 0 Å². The maximum atomic E-state index is 11.9. The molecule has 106 valence electrons. The summed E-state index contributed by atoms with van der Waals surface area (Å²) in [7, 11) is -3.26. The van der Waals surface area contributed by atoms with Crippen molar-refractivity contribution >= 4 is 21.6 Å². The highest BCUT2D eigenvalue weighted by atomic mass is 32.2. The third-order valence-corrected chi connectivity index (χ3v) is 4.77. The molecule has 1 aromatic carbocycles. The Morgan fingerprint density at radius 2 is 1.79 bits per heavy atom. The number of rotatable bonds is 5. The van der Waals surface area contributed by atoms with Gasteiger partial charge < -0.3 is 10.6 Å². The van der Waals surface area contributed by atoms with E-state index in [4.69, 9.17) is 0 Å². The van der Waals surface area contributed by atoms with Crippen molar-refractivity contribution in [1.29, 1.82) is 0 Å². The van der Waals surface area contributed by atoms with Crippen molar-refractivity contribution in [3.05, 3.63) is 24.3 Å². The van der Waals surface area contributed by atoms with E-state index in [1.807, 2.05) is 6.92 Å². The molecule has 2 N–H and O–H groups in total. The first-order valence-corrected chi connectivity index (χ1v) is 7.81. The summed E-state index contributed by atoms with van der Waals surface area (Å²) in [6.45, 7) is 5.84. The van der Waals surface area contributed by atoms with Crippen LogP contribution in [0.15, 0.2) is 29.2 Å². The molecule has 0 bridgehead atoms. The van der Waals surface area contributed by atoms with Crippen molar-refractivity contribution in [2.75, 3.05) is 11.9 Å². The van der Waals surface area contributed by atoms with Crippen molar-refractivity contribution in [1.82, 2.24) is 5.32 Å². The summed E-state index contributed by atoms with van der Waals surface area (Å²) < 4.78 is 23.8. The number of hydrogen-bond acceptors (Lipinski definition) is 3. The molecule has 0 unspecified atom stereocenters. The SMILES string of the molecule is CCCNC(=O)Nc1ccc(S(=O)(=O)C(C)C)cc1. The molecule has 0 aromatic heterocycles. The number of urea groups is 1. The predicted molar refractivity (Wildman–Crippen MR) is 76.1 cm³/mol. The highest BCUT2D eigenvalue weighted by Gasteiger charge is 2.18. The van der Waals surface area contributed by atoms with Crippen LogP contribution >= 0.6 is 0 Å². The van der Waals surface area contributed by atoms with E-state index in [9.17, 15) is 13.2 Å². The van der Waals surface area contributed by atoms with Crippen molar-refractivity contribution < 1.29 is 13.2 Å². The molecule has 0 aliphatic carbocycles. The lowest BCUT2D eigenvalue weighted by Crippen LogP contribution is -2.29. The molecule has 0 aliphatic heterocycles. The Balaban J connectivity index is 2.75. The second kappa shape index (κ2) is 6.56. The molecule has 0 saturated heterocycles. The van der Waals surface area contributed by atoms with Crippen molar-refractivity contribution in [2.45, 2.75) is 37.3 Å². The molecule has 0 aliphatic rings. The van der Waals surface area contributed by atoms with Crippen molar-refractivity contribution in [3.8, 4) is 0 Å². The molecule has 1 aromatic rings. The summed E-state index contributed by atoms with van der Waals surface area (Å²) >= 11 is 0. The highest BCUT2D eigenvalue weighted by molar-refractivity contribution is 7.92. The minimum absolute atomic E-state index is 0.266. The number of anilines is 1. The Bertz CT molecular complexity index is 521. The summed E-state index contributed by atoms with van der Waals surface area (Å²) in [5, 5.41) is 4.86. The maximum absolute atomic E-state index is 11.9. The van der Waals surface area contributed by atoms with Crippen molar-refractivity contribution in [3.63, 3.8) is 0 Å². The second-order valence-electron chi connectivity index (χ2n) is 4.50. The number of sulfone groups is 1. The first-order chi connectivity index (χ1) is 8.87. The van der Waals surface area contributed by atoms with E-state index >= 15 is 0 Å². The first-order valence-electron chi connectivity index (χ1n) is 6.26. The Kier molecular flexibility index (Phi) is 5.35. The molecule has 1 rings (SSSR count). The van der Waals surface area contributed by atoms with Crippen LogP contribution in [0.3, 0.4) is 0 Å². The molecule has 0 saturated carbocycles. The Morgan fingerprint density at radius 1 is 1.21 bits per heavy atom. The summed E-state index contributed by atoms with van der Waals surface area (Å²) in [5.74, 6) is 0. The third-order valence-electron chi connectivity index (χ3n) is 2.60. The predicted octanol–water partition coefficient (Wildman–Crippen LogP) is 2.40. The minimum Gasteiger partial charge on any atom is -0.338 e. The van der Waals surface area contributed by atoms with Gasteiger partial charge in [0, 0.05) is 12.2 Å². The van der Waals surface area contributed by atoms with Crippen LogP contribution in [0.2, 0.25) is 0 Å². The Labute approximate surface area is 114 Å². The number of amides is 2. The van der Waals surface area contributed by atoms with Crippen LogP contribution in [-0.2, 0) is 9.84 Å². The molecule has 0 radical (unpaired) electrons. The van der Waals surface area contributed by atoms with Crippen LogP contribution in [0, 0.1) is 0 Å². The molecule has 19 heavy (non-hydrogen) atoms. The van der Waals surface area contributed by atoms with Gasteiger partial charge in [-0.1, -0.05) is 6.92 Å². The molecular weight excluding hydrogens is 264 g/mol. The first kappa shape index (κ1) is 15.5. The fourth-order valence-corrected chi connectivity index (χ4v) is 2.47. The summed E-state index contributed by atoms with van der Waals surface area (Å²) in [6, 6.07) is 5.89. The number of nitrogens with one attached hydrogen (secondary N) is 2. The van der Waals surface area contributed by atoms with Gasteiger partial charge >= 0.3 is 6.03 Å². The lowest BCUT2D eigenvalue weighted by molar-refractivity contribution is 0.252. The molecule has 6 heteroatoms.